The molecule has 8 aliphatic carbocycles. The molecule has 537 valence electrons. The van der Waals surface area contributed by atoms with Crippen molar-refractivity contribution in [2.24, 2.45) is 35.5 Å². The first-order valence-electron chi connectivity index (χ1n) is 33.1. The molecule has 1 radical (unpaired) electrons. The average molecular weight is 1560 g/mol. The van der Waals surface area contributed by atoms with Gasteiger partial charge in [0, 0.05) is 59.9 Å². The molecule has 5 aromatic carbocycles. The molecule has 0 N–H and O–H groups in total. The number of ketones is 2. The van der Waals surface area contributed by atoms with Crippen LogP contribution in [-0.2, 0) is 102 Å². The number of rotatable bonds is 7. The van der Waals surface area contributed by atoms with E-state index in [9.17, 15) is 36.7 Å². The summed E-state index contributed by atoms with van der Waals surface area (Å²) < 4.78 is 75.4. The molecule has 0 spiro atoms. The molecule has 8 saturated carbocycles. The Morgan fingerprint density at radius 3 is 1.02 bits per heavy atom. The summed E-state index contributed by atoms with van der Waals surface area (Å²) in [6, 6.07) is 52.6. The molecule has 4 unspecified atom stereocenters. The van der Waals surface area contributed by atoms with Crippen molar-refractivity contribution in [2.45, 2.75) is 185 Å². The summed E-state index contributed by atoms with van der Waals surface area (Å²) in [5, 5.41) is 0. The molecule has 2 aliphatic heterocycles. The van der Waals surface area contributed by atoms with Crippen molar-refractivity contribution in [3.63, 3.8) is 0 Å². The average Bonchev–Trinajstić information content (AvgIpc) is 0.743. The van der Waals surface area contributed by atoms with E-state index in [1.165, 1.54) is 51.7 Å². The number of halogens is 5. The third kappa shape index (κ3) is 28.3. The molecule has 4 atom stereocenters. The van der Waals surface area contributed by atoms with Gasteiger partial charge in [0.1, 0.15) is 34.3 Å². The summed E-state index contributed by atoms with van der Waals surface area (Å²) in [7, 11) is 0.432. The summed E-state index contributed by atoms with van der Waals surface area (Å²) in [4.78, 5) is 80.6. The first kappa shape index (κ1) is 85.1. The van der Waals surface area contributed by atoms with Gasteiger partial charge in [-0.15, -0.1) is 0 Å². The number of hydrogen-bond acceptors (Lipinski definition) is 13. The molecule has 2 heterocycles. The summed E-state index contributed by atoms with van der Waals surface area (Å²) in [5.41, 5.74) is 3.42. The Morgan fingerprint density at radius 2 is 0.786 bits per heavy atom. The predicted octanol–water partition coefficient (Wildman–Crippen LogP) is 12.6. The van der Waals surface area contributed by atoms with Gasteiger partial charge in [-0.1, -0.05) is 98.7 Å². The Hall–Kier alpha value is -5.27. The van der Waals surface area contributed by atoms with E-state index >= 15 is 0 Å². The van der Waals surface area contributed by atoms with Gasteiger partial charge < -0.3 is 18.9 Å². The van der Waals surface area contributed by atoms with Crippen LogP contribution in [0.25, 0.3) is 0 Å². The van der Waals surface area contributed by atoms with Crippen LogP contribution in [0.5, 0.6) is 0 Å². The van der Waals surface area contributed by atoms with Gasteiger partial charge in [-0.3, -0.25) is 9.59 Å². The van der Waals surface area contributed by atoms with Crippen LogP contribution in [0, 0.1) is 54.8 Å². The fraction of sp³-hybridized carbons (Fsp3) is 0.538. The molecule has 12 nitrogen and oxygen atoms in total. The second-order valence-corrected chi connectivity index (χ2v) is 35.4. The van der Waals surface area contributed by atoms with Crippen LogP contribution >= 0.6 is 11.8 Å². The summed E-state index contributed by atoms with van der Waals surface area (Å²) in [6.45, 7) is 25.3. The smallest absolute Gasteiger partial charge is 0.455 e. The van der Waals surface area contributed by atoms with Crippen LogP contribution in [0.1, 0.15) is 157 Å². The van der Waals surface area contributed by atoms with Crippen LogP contribution in [-0.4, -0.2) is 108 Å². The zero-order valence-electron chi connectivity index (χ0n) is 58.3. The number of esters is 2. The van der Waals surface area contributed by atoms with Crippen molar-refractivity contribution in [3.05, 3.63) is 169 Å². The molecule has 0 amide bonds. The number of thioether (sulfide) groups is 1. The van der Waals surface area contributed by atoms with E-state index in [0.717, 1.165) is 52.1 Å². The third-order valence-electron chi connectivity index (χ3n) is 17.8. The molecule has 5 aromatic rings. The zero-order chi connectivity index (χ0) is 71.7. The van der Waals surface area contributed by atoms with Crippen molar-refractivity contribution < 1.29 is 113 Å². The number of alkyl halides is 4. The topological polar surface area (TPSA) is 173 Å². The molecule has 2 saturated heterocycles. The summed E-state index contributed by atoms with van der Waals surface area (Å²) in [5.74, 6) is -4.08. The monoisotopic (exact) mass is 1560 g/mol. The molecule has 15 rings (SSSR count). The SMILES string of the molecule is C1CSCCO1.CC(C)(C)c1ccc([I+]c2ccc(C(C)(C)C)cc2)cc1.CC(C)(C)c1ccc([S+]2CCOCC2)cc1.CC(F)(F)C(=O)OC12CC3CC(C1)C(=O)C(C3)C2.CC(F)(F)C(=O)OC12CC3CC(C1)C(=O)C(C3)C2.O=C=O.O=C=O.[Cu+2].[c-]1ccccc1.[c-]1ccccc1. The first-order chi connectivity index (χ1) is 45.6. The van der Waals surface area contributed by atoms with Gasteiger partial charge >= 0.3 is 74.4 Å². The van der Waals surface area contributed by atoms with Crippen molar-refractivity contribution >= 4 is 58.5 Å². The van der Waals surface area contributed by atoms with E-state index in [2.05, 4.69) is 147 Å². The second-order valence-electron chi connectivity index (χ2n) is 28.9. The van der Waals surface area contributed by atoms with E-state index in [4.69, 9.17) is 38.1 Å². The Morgan fingerprint density at radius 1 is 0.490 bits per heavy atom. The van der Waals surface area contributed by atoms with Gasteiger partial charge in [-0.2, -0.15) is 121 Å². The van der Waals surface area contributed by atoms with Crippen LogP contribution in [0.4, 0.5) is 17.6 Å². The number of carbonyl (C=O) groups excluding carboxylic acids is 8. The van der Waals surface area contributed by atoms with Gasteiger partial charge in [-0.25, -0.2) is 9.59 Å². The minimum atomic E-state index is -3.45. The molecule has 10 fully saturated rings. The van der Waals surface area contributed by atoms with Crippen molar-refractivity contribution in [1.29, 1.82) is 0 Å². The number of hydrogen-bond donors (Lipinski definition) is 0. The predicted molar refractivity (Wildman–Crippen MR) is 364 cm³/mol. The van der Waals surface area contributed by atoms with Gasteiger partial charge in [0.15, 0.2) is 12.0 Å². The number of benzene rings is 5. The third-order valence-corrected chi connectivity index (χ3v) is 23.7. The maximum Gasteiger partial charge on any atom is 2.00 e. The maximum atomic E-state index is 12.9. The minimum absolute atomic E-state index is 0. The van der Waals surface area contributed by atoms with Gasteiger partial charge in [0.25, 0.3) is 0 Å². The Bertz CT molecular complexity index is 3000. The zero-order valence-corrected chi connectivity index (χ0v) is 63.0. The quantitative estimate of drug-likeness (QED) is 0.0376. The van der Waals surface area contributed by atoms with Crippen molar-refractivity contribution in [1.82, 2.24) is 0 Å². The number of Topliss-reactive ketones (excluding diaryl/α,β-unsaturated/α-hetero) is 2. The standard InChI is InChI=1S/C20H26I.C14H21OS.2C13H16F2O3.2C6H5.C4H8OS.2CO2.Cu/c1-19(2,3)15-7-11-17(12-8-15)21-18-13-9-16(10-14-18)20(4,5)6;1-14(2,3)12-4-6-13(7-5-12)16-10-8-15-9-11-16;2*1-12(14,15)11(17)18-13-4-7-2-8(5-13)10(16)9(3-7)6-13;2*1-2-4-6-5-3-1;1-3-6-4-2-5-1;2*2-1-3;/h7-14H,1-6H3;4-7H,8-11H2,1-3H3;2*7-9H,2-6H2,1H3;2*1-5H;1-4H2;;;/q2*+1;;;2*-1;;;;+2. The Kier molecular flexibility index (Phi) is 34.6. The number of ether oxygens (including phenoxy) is 4. The Balaban J connectivity index is 0.000000249. The van der Waals surface area contributed by atoms with Crippen molar-refractivity contribution in [2.75, 3.05) is 49.4 Å². The van der Waals surface area contributed by atoms with Gasteiger partial charge in [-0.05, 0) is 145 Å². The molecular formula is C78H97CuF4IO12S2+2. The fourth-order valence-corrected chi connectivity index (χ4v) is 18.0. The normalized spacial score (nSPS) is 23.8. The van der Waals surface area contributed by atoms with Crippen LogP contribution in [0.2, 0.25) is 0 Å². The maximum absolute atomic E-state index is 12.9. The van der Waals surface area contributed by atoms with Crippen LogP contribution in [0.3, 0.4) is 0 Å². The molecule has 8 bridgehead atoms. The van der Waals surface area contributed by atoms with Crippen LogP contribution < -0.4 is 21.2 Å². The van der Waals surface area contributed by atoms with E-state index in [-0.39, 0.29) is 102 Å². The Labute approximate surface area is 606 Å². The molecular weight excluding hydrogens is 1460 g/mol. The van der Waals surface area contributed by atoms with E-state index < -0.39 is 35.0 Å². The van der Waals surface area contributed by atoms with Crippen molar-refractivity contribution in [3.8, 4) is 0 Å². The fourth-order valence-electron chi connectivity index (χ4n) is 13.4. The summed E-state index contributed by atoms with van der Waals surface area (Å²) in [6.07, 6.45) is 6.95. The molecule has 10 aliphatic rings. The van der Waals surface area contributed by atoms with E-state index in [0.29, 0.717) is 75.1 Å². The summed E-state index contributed by atoms with van der Waals surface area (Å²) >= 11 is 1.90. The first-order valence-corrected chi connectivity index (χ1v) is 38.0. The number of carbonyl (C=O) groups is 4. The second kappa shape index (κ2) is 39.8. The van der Waals surface area contributed by atoms with Crippen LogP contribution in [0.15, 0.2) is 138 Å². The molecule has 0 aromatic heterocycles. The van der Waals surface area contributed by atoms with E-state index in [1.807, 2.05) is 72.4 Å². The largest absolute Gasteiger partial charge is 2.00 e. The van der Waals surface area contributed by atoms with Gasteiger partial charge in [0.05, 0.1) is 26.4 Å². The molecule has 98 heavy (non-hydrogen) atoms. The molecule has 20 heteroatoms. The van der Waals surface area contributed by atoms with E-state index in [1.54, 1.807) is 0 Å². The van der Waals surface area contributed by atoms with Gasteiger partial charge in [0.2, 0.25) is 0 Å². The minimum Gasteiger partial charge on any atom is -0.455 e.